The lowest BCUT2D eigenvalue weighted by molar-refractivity contribution is 1.23. The van der Waals surface area contributed by atoms with Crippen LogP contribution in [0.5, 0.6) is 0 Å². The number of terminal acetylenes is 1. The largest absolute Gasteiger partial charge is 0.256 e. The van der Waals surface area contributed by atoms with Crippen LogP contribution in [0.4, 0.5) is 0 Å². The minimum Gasteiger partial charge on any atom is -0.256 e. The van der Waals surface area contributed by atoms with E-state index in [1.807, 2.05) is 104 Å². The van der Waals surface area contributed by atoms with Crippen molar-refractivity contribution in [2.45, 2.75) is 33.6 Å². The smallest absolute Gasteiger partial charge is 0.0702 e. The number of fused-ring (bicyclic) bond motifs is 4. The van der Waals surface area contributed by atoms with Crippen LogP contribution in [-0.4, -0.2) is 19.9 Å². The summed E-state index contributed by atoms with van der Waals surface area (Å²) < 4.78 is 0. The first-order valence-corrected chi connectivity index (χ1v) is 17.2. The molecule has 4 heterocycles. The summed E-state index contributed by atoms with van der Waals surface area (Å²) in [4.78, 5) is 17.3. The lowest BCUT2D eigenvalue weighted by Crippen LogP contribution is -1.80. The Labute approximate surface area is 301 Å². The van der Waals surface area contributed by atoms with Crippen LogP contribution in [0.1, 0.15) is 48.9 Å². The normalized spacial score (nSPS) is 10.6. The second-order valence-corrected chi connectivity index (χ2v) is 11.8. The molecule has 0 bridgehead atoms. The minimum absolute atomic E-state index is 0.828. The van der Waals surface area contributed by atoms with Crippen molar-refractivity contribution in [1.29, 1.82) is 0 Å². The number of pyridine rings is 4. The molecule has 0 amide bonds. The molecule has 0 atom stereocenters. The van der Waals surface area contributed by atoms with Crippen molar-refractivity contribution >= 4 is 55.8 Å². The summed E-state index contributed by atoms with van der Waals surface area (Å²) in [6.45, 7) is 6.31. The number of aryl methyl sites for hydroxylation is 1. The van der Waals surface area contributed by atoms with Crippen molar-refractivity contribution in [1.82, 2.24) is 19.9 Å². The number of allylic oxidation sites excluding steroid dienone is 2. The van der Waals surface area contributed by atoms with E-state index >= 15 is 0 Å². The highest BCUT2D eigenvalue weighted by molar-refractivity contribution is 5.82. The zero-order valence-electron chi connectivity index (χ0n) is 29.4. The maximum Gasteiger partial charge on any atom is 0.0702 e. The molecule has 8 aromatic rings. The SMILES string of the molecule is C#Cc1cnc2ccccc2c1.CC/C=C/c1cnc2ccccc2c1.CC/C=C\c1cnc2ccccc2c1.Cc1cnc2ccccc2c1. The van der Waals surface area contributed by atoms with E-state index in [2.05, 4.69) is 107 Å². The van der Waals surface area contributed by atoms with Gasteiger partial charge in [0.05, 0.1) is 22.1 Å². The van der Waals surface area contributed by atoms with Gasteiger partial charge in [-0.2, -0.15) is 0 Å². The van der Waals surface area contributed by atoms with E-state index in [1.165, 1.54) is 32.8 Å². The highest BCUT2D eigenvalue weighted by atomic mass is 14.7. The Kier molecular flexibility index (Phi) is 13.3. The summed E-state index contributed by atoms with van der Waals surface area (Å²) >= 11 is 0. The number of para-hydroxylation sites is 4. The molecule has 51 heavy (non-hydrogen) atoms. The predicted octanol–water partition coefficient (Wildman–Crippen LogP) is 12.1. The average molecular weight is 663 g/mol. The lowest BCUT2D eigenvalue weighted by Gasteiger charge is -1.97. The zero-order valence-corrected chi connectivity index (χ0v) is 29.4. The number of rotatable bonds is 4. The monoisotopic (exact) mass is 662 g/mol. The predicted molar refractivity (Wildman–Crippen MR) is 218 cm³/mol. The fraction of sp³-hybridized carbons (Fsp3) is 0.106. The Morgan fingerprint density at radius 2 is 0.863 bits per heavy atom. The molecule has 0 spiro atoms. The first kappa shape index (κ1) is 35.9. The van der Waals surface area contributed by atoms with E-state index in [0.29, 0.717) is 0 Å². The third kappa shape index (κ3) is 10.8. The van der Waals surface area contributed by atoms with Gasteiger partial charge in [0, 0.05) is 51.9 Å². The highest BCUT2D eigenvalue weighted by Crippen LogP contribution is 2.15. The summed E-state index contributed by atoms with van der Waals surface area (Å²) in [5, 5.41) is 4.71. The van der Waals surface area contributed by atoms with Gasteiger partial charge >= 0.3 is 0 Å². The van der Waals surface area contributed by atoms with Crippen molar-refractivity contribution in [2.24, 2.45) is 0 Å². The third-order valence-corrected chi connectivity index (χ3v) is 7.80. The molecule has 0 radical (unpaired) electrons. The first-order valence-electron chi connectivity index (χ1n) is 17.2. The molecule has 0 N–H and O–H groups in total. The highest BCUT2D eigenvalue weighted by Gasteiger charge is 1.95. The van der Waals surface area contributed by atoms with Crippen LogP contribution in [0.3, 0.4) is 0 Å². The Hall–Kier alpha value is -6.44. The number of aromatic nitrogens is 4. The standard InChI is InChI=1S/2C13H13N.C11H7N.C10H9N/c2*1-2-3-6-11-9-12-7-4-5-8-13(12)14-10-11;1-2-9-7-10-5-3-4-6-11(10)12-8-9;1-8-6-9-4-2-3-5-10(9)11-7-8/h2*3-10H,2H2,1H3;1,3-8H;2-7H,1H3/b6-3+;6-3-;;. The molecule has 0 aliphatic rings. The molecule has 0 saturated heterocycles. The average Bonchev–Trinajstić information content (AvgIpc) is 3.19. The fourth-order valence-corrected chi connectivity index (χ4v) is 5.20. The molecular formula is C47H42N4. The van der Waals surface area contributed by atoms with Gasteiger partial charge < -0.3 is 0 Å². The van der Waals surface area contributed by atoms with Gasteiger partial charge in [0.15, 0.2) is 0 Å². The fourth-order valence-electron chi connectivity index (χ4n) is 5.20. The van der Waals surface area contributed by atoms with Gasteiger partial charge in [0.1, 0.15) is 0 Å². The summed E-state index contributed by atoms with van der Waals surface area (Å²) in [5.74, 6) is 2.56. The molecule has 0 fully saturated rings. The van der Waals surface area contributed by atoms with Gasteiger partial charge in [-0.25, -0.2) is 0 Å². The summed E-state index contributed by atoms with van der Waals surface area (Å²) in [6.07, 6.45) is 23.3. The van der Waals surface area contributed by atoms with Crippen LogP contribution in [0, 0.1) is 19.3 Å². The molecule has 0 saturated carbocycles. The van der Waals surface area contributed by atoms with Gasteiger partial charge in [-0.3, -0.25) is 19.9 Å². The Balaban J connectivity index is 0.000000132. The van der Waals surface area contributed by atoms with E-state index in [1.54, 1.807) is 6.20 Å². The molecule has 4 nitrogen and oxygen atoms in total. The van der Waals surface area contributed by atoms with Crippen LogP contribution < -0.4 is 0 Å². The zero-order chi connectivity index (χ0) is 35.7. The lowest BCUT2D eigenvalue weighted by atomic mass is 10.1. The number of hydrogen-bond donors (Lipinski definition) is 0. The van der Waals surface area contributed by atoms with Gasteiger partial charge in [0.25, 0.3) is 0 Å². The number of hydrogen-bond acceptors (Lipinski definition) is 4. The molecule has 0 unspecified atom stereocenters. The van der Waals surface area contributed by atoms with E-state index in [9.17, 15) is 0 Å². The van der Waals surface area contributed by atoms with Crippen molar-refractivity contribution in [3.05, 3.63) is 181 Å². The van der Waals surface area contributed by atoms with Gasteiger partial charge in [-0.15, -0.1) is 6.42 Å². The van der Waals surface area contributed by atoms with E-state index < -0.39 is 0 Å². The number of nitrogens with zero attached hydrogens (tertiary/aromatic N) is 4. The molecule has 4 aromatic carbocycles. The van der Waals surface area contributed by atoms with Crippen molar-refractivity contribution in [3.63, 3.8) is 0 Å². The molecule has 0 aliphatic carbocycles. The molecule has 8 rings (SSSR count). The van der Waals surface area contributed by atoms with E-state index in [4.69, 9.17) is 6.42 Å². The van der Waals surface area contributed by atoms with Crippen LogP contribution in [-0.2, 0) is 0 Å². The van der Waals surface area contributed by atoms with E-state index in [-0.39, 0.29) is 0 Å². The molecule has 250 valence electrons. The van der Waals surface area contributed by atoms with Crippen LogP contribution in [0.25, 0.3) is 55.8 Å². The van der Waals surface area contributed by atoms with Crippen molar-refractivity contribution < 1.29 is 0 Å². The van der Waals surface area contributed by atoms with Crippen molar-refractivity contribution in [2.75, 3.05) is 0 Å². The topological polar surface area (TPSA) is 51.6 Å². The summed E-state index contributed by atoms with van der Waals surface area (Å²) in [7, 11) is 0. The first-order chi connectivity index (χ1) is 25.1. The van der Waals surface area contributed by atoms with Crippen LogP contribution >= 0.6 is 0 Å². The molecule has 4 aromatic heterocycles. The second-order valence-electron chi connectivity index (χ2n) is 11.8. The quantitative estimate of drug-likeness (QED) is 0.176. The van der Waals surface area contributed by atoms with E-state index in [0.717, 1.165) is 45.9 Å². The summed E-state index contributed by atoms with van der Waals surface area (Å²) in [6, 6.07) is 40.8. The second kappa shape index (κ2) is 18.9. The third-order valence-electron chi connectivity index (χ3n) is 7.80. The van der Waals surface area contributed by atoms with Crippen LogP contribution in [0.15, 0.2) is 158 Å². The molecule has 4 heteroatoms. The Bertz CT molecular complexity index is 2350. The maximum atomic E-state index is 5.25. The minimum atomic E-state index is 0.828. The molecule has 0 aliphatic heterocycles. The summed E-state index contributed by atoms with van der Waals surface area (Å²) in [5.41, 5.74) is 8.55. The van der Waals surface area contributed by atoms with Gasteiger partial charge in [-0.1, -0.05) is 117 Å². The van der Waals surface area contributed by atoms with Crippen LogP contribution in [0.2, 0.25) is 0 Å². The maximum absolute atomic E-state index is 5.25. The number of benzene rings is 4. The van der Waals surface area contributed by atoms with Gasteiger partial charge in [0.2, 0.25) is 0 Å². The van der Waals surface area contributed by atoms with Crippen molar-refractivity contribution in [3.8, 4) is 12.3 Å². The Morgan fingerprint density at radius 3 is 1.29 bits per heavy atom. The van der Waals surface area contributed by atoms with Gasteiger partial charge in [-0.05, 0) is 85.0 Å². The Morgan fingerprint density at radius 1 is 0.490 bits per heavy atom. The molecular weight excluding hydrogens is 621 g/mol.